The van der Waals surface area contributed by atoms with Crippen LogP contribution in [-0.2, 0) is 13.0 Å². The van der Waals surface area contributed by atoms with Crippen LogP contribution in [-0.4, -0.2) is 26.5 Å². The first-order chi connectivity index (χ1) is 6.86. The Morgan fingerprint density at radius 1 is 1.36 bits per heavy atom. The van der Waals surface area contributed by atoms with E-state index in [-0.39, 0.29) is 6.61 Å². The van der Waals surface area contributed by atoms with E-state index < -0.39 is 0 Å². The van der Waals surface area contributed by atoms with E-state index in [9.17, 15) is 0 Å². The lowest BCUT2D eigenvalue weighted by molar-refractivity contribution is 0.185. The lowest BCUT2D eigenvalue weighted by atomic mass is 10.0. The Bertz CT molecular complexity index is 343. The minimum Gasteiger partial charge on any atom is -0.396 e. The number of aliphatic hydroxyl groups is 1. The molecule has 0 radical (unpaired) electrons. The van der Waals surface area contributed by atoms with Gasteiger partial charge in [-0.05, 0) is 19.3 Å². The molecule has 1 aromatic heterocycles. The summed E-state index contributed by atoms with van der Waals surface area (Å²) in [6.07, 6.45) is 4.55. The van der Waals surface area contributed by atoms with Gasteiger partial charge in [0.05, 0.1) is 0 Å². The first-order valence-electron chi connectivity index (χ1n) is 5.41. The zero-order valence-corrected chi connectivity index (χ0v) is 8.19. The Hall–Kier alpha value is -0.900. The van der Waals surface area contributed by atoms with E-state index in [1.165, 1.54) is 12.8 Å². The molecule has 14 heavy (non-hydrogen) atoms. The van der Waals surface area contributed by atoms with Crippen molar-refractivity contribution in [2.24, 2.45) is 5.92 Å². The van der Waals surface area contributed by atoms with Crippen molar-refractivity contribution in [2.45, 2.75) is 38.1 Å². The molecule has 4 heteroatoms. The molecule has 1 aliphatic carbocycles. The number of aliphatic hydroxyl groups excluding tert-OH is 1. The fourth-order valence-corrected chi connectivity index (χ4v) is 2.06. The lowest BCUT2D eigenvalue weighted by Crippen LogP contribution is -2.23. The van der Waals surface area contributed by atoms with Gasteiger partial charge in [-0.15, -0.1) is 0 Å². The van der Waals surface area contributed by atoms with Crippen molar-refractivity contribution in [1.29, 1.82) is 0 Å². The largest absolute Gasteiger partial charge is 0.396 e. The van der Waals surface area contributed by atoms with E-state index in [4.69, 9.17) is 5.11 Å². The number of rotatable bonds is 2. The number of hydrogen-bond donors (Lipinski definition) is 1. The van der Waals surface area contributed by atoms with Crippen LogP contribution in [0.4, 0.5) is 0 Å². The molecule has 1 aromatic rings. The van der Waals surface area contributed by atoms with E-state index in [1.54, 1.807) is 0 Å². The van der Waals surface area contributed by atoms with Crippen LogP contribution in [0.1, 0.15) is 36.8 Å². The monoisotopic (exact) mass is 193 g/mol. The van der Waals surface area contributed by atoms with E-state index >= 15 is 0 Å². The summed E-state index contributed by atoms with van der Waals surface area (Å²) in [4.78, 5) is 4.55. The van der Waals surface area contributed by atoms with Gasteiger partial charge in [0.2, 0.25) is 0 Å². The maximum Gasteiger partial charge on any atom is 0.154 e. The van der Waals surface area contributed by atoms with Gasteiger partial charge in [0.1, 0.15) is 5.82 Å². The van der Waals surface area contributed by atoms with E-state index in [1.807, 2.05) is 4.68 Å². The quantitative estimate of drug-likeness (QED) is 0.752. The molecule has 1 unspecified atom stereocenters. The summed E-state index contributed by atoms with van der Waals surface area (Å²) in [5.41, 5.74) is 0. The highest BCUT2D eigenvalue weighted by Crippen LogP contribution is 2.38. The minimum absolute atomic E-state index is 0.276. The van der Waals surface area contributed by atoms with Gasteiger partial charge in [-0.3, -0.25) is 0 Å². The molecule has 2 aliphatic rings. The zero-order chi connectivity index (χ0) is 9.54. The fourth-order valence-electron chi connectivity index (χ4n) is 2.06. The molecule has 0 spiro atoms. The number of nitrogens with zero attached hydrogens (tertiary/aromatic N) is 3. The number of hydrogen-bond acceptors (Lipinski definition) is 3. The number of aryl methyl sites for hydroxylation is 1. The molecule has 0 amide bonds. The summed E-state index contributed by atoms with van der Waals surface area (Å²) < 4.78 is 2.00. The third-order valence-electron chi connectivity index (χ3n) is 3.17. The van der Waals surface area contributed by atoms with E-state index in [2.05, 4.69) is 10.1 Å². The molecule has 0 saturated heterocycles. The first-order valence-corrected chi connectivity index (χ1v) is 5.41. The Labute approximate surface area is 83.0 Å². The topological polar surface area (TPSA) is 50.9 Å². The Balaban J connectivity index is 1.85. The number of aromatic nitrogens is 3. The number of fused-ring (bicyclic) bond motifs is 1. The summed E-state index contributed by atoms with van der Waals surface area (Å²) in [7, 11) is 0. The van der Waals surface area contributed by atoms with Crippen LogP contribution in [0.5, 0.6) is 0 Å². The smallest absolute Gasteiger partial charge is 0.154 e. The predicted octanol–water partition coefficient (Wildman–Crippen LogP) is 0.710. The summed E-state index contributed by atoms with van der Waals surface area (Å²) in [6, 6.07) is 0. The average molecular weight is 193 g/mol. The van der Waals surface area contributed by atoms with Gasteiger partial charge in [0.25, 0.3) is 0 Å². The highest BCUT2D eigenvalue weighted by molar-refractivity contribution is 5.07. The third-order valence-corrected chi connectivity index (χ3v) is 3.17. The molecule has 1 atom stereocenters. The average Bonchev–Trinajstić information content (AvgIpc) is 2.97. The molecule has 0 aromatic carbocycles. The van der Waals surface area contributed by atoms with Crippen LogP contribution in [0, 0.1) is 5.92 Å². The molecule has 4 nitrogen and oxygen atoms in total. The molecule has 3 rings (SSSR count). The molecule has 2 heterocycles. The second-order valence-corrected chi connectivity index (χ2v) is 4.43. The van der Waals surface area contributed by atoms with Gasteiger partial charge >= 0.3 is 0 Å². The molecular weight excluding hydrogens is 178 g/mol. The molecule has 1 fully saturated rings. The standard InChI is InChI=1S/C10H15N3O/c14-6-7-1-4-9-11-10(8-2-3-8)12-13(9)5-7/h7-8,14H,1-6H2. The van der Waals surface area contributed by atoms with Crippen molar-refractivity contribution in [3.63, 3.8) is 0 Å². The normalized spacial score (nSPS) is 26.2. The molecule has 76 valence electrons. The maximum absolute atomic E-state index is 9.08. The van der Waals surface area contributed by atoms with E-state index in [0.717, 1.165) is 31.0 Å². The predicted molar refractivity (Wildman–Crippen MR) is 50.9 cm³/mol. The van der Waals surface area contributed by atoms with Crippen LogP contribution >= 0.6 is 0 Å². The van der Waals surface area contributed by atoms with Crippen molar-refractivity contribution < 1.29 is 5.11 Å². The van der Waals surface area contributed by atoms with Crippen LogP contribution in [0.2, 0.25) is 0 Å². The molecule has 1 saturated carbocycles. The Morgan fingerprint density at radius 3 is 2.93 bits per heavy atom. The summed E-state index contributed by atoms with van der Waals surface area (Å²) in [5.74, 6) is 3.19. The summed E-state index contributed by atoms with van der Waals surface area (Å²) in [6.45, 7) is 1.13. The van der Waals surface area contributed by atoms with Crippen LogP contribution in [0.15, 0.2) is 0 Å². The first kappa shape index (κ1) is 8.41. The molecule has 1 N–H and O–H groups in total. The second-order valence-electron chi connectivity index (χ2n) is 4.43. The zero-order valence-electron chi connectivity index (χ0n) is 8.19. The van der Waals surface area contributed by atoms with Crippen molar-refractivity contribution in [3.05, 3.63) is 11.6 Å². The van der Waals surface area contributed by atoms with Crippen molar-refractivity contribution >= 4 is 0 Å². The van der Waals surface area contributed by atoms with Crippen LogP contribution in [0.25, 0.3) is 0 Å². The molecule has 0 bridgehead atoms. The molecule has 1 aliphatic heterocycles. The summed E-state index contributed by atoms with van der Waals surface area (Å²) >= 11 is 0. The second kappa shape index (κ2) is 3.05. The highest BCUT2D eigenvalue weighted by atomic mass is 16.3. The Morgan fingerprint density at radius 2 is 2.21 bits per heavy atom. The van der Waals surface area contributed by atoms with Crippen molar-refractivity contribution in [2.75, 3.05) is 6.61 Å². The molecular formula is C10H15N3O. The van der Waals surface area contributed by atoms with Gasteiger partial charge in [-0.1, -0.05) is 0 Å². The minimum atomic E-state index is 0.276. The van der Waals surface area contributed by atoms with Gasteiger partial charge in [0, 0.05) is 31.4 Å². The van der Waals surface area contributed by atoms with Gasteiger partial charge in [0.15, 0.2) is 5.82 Å². The van der Waals surface area contributed by atoms with Crippen LogP contribution in [0.3, 0.4) is 0 Å². The van der Waals surface area contributed by atoms with Crippen molar-refractivity contribution in [1.82, 2.24) is 14.8 Å². The maximum atomic E-state index is 9.08. The van der Waals surface area contributed by atoms with Gasteiger partial charge < -0.3 is 5.11 Å². The summed E-state index contributed by atoms with van der Waals surface area (Å²) in [5, 5.41) is 13.6. The highest BCUT2D eigenvalue weighted by Gasteiger charge is 2.30. The fraction of sp³-hybridized carbons (Fsp3) is 0.800. The third kappa shape index (κ3) is 1.34. The lowest BCUT2D eigenvalue weighted by Gasteiger charge is -2.19. The van der Waals surface area contributed by atoms with Crippen LogP contribution < -0.4 is 0 Å². The van der Waals surface area contributed by atoms with Crippen molar-refractivity contribution in [3.8, 4) is 0 Å². The van der Waals surface area contributed by atoms with Gasteiger partial charge in [-0.25, -0.2) is 9.67 Å². The Kier molecular flexibility index (Phi) is 1.83. The van der Waals surface area contributed by atoms with E-state index in [0.29, 0.717) is 11.8 Å². The SMILES string of the molecule is OCC1CCc2nc(C3CC3)nn2C1. The van der Waals surface area contributed by atoms with Gasteiger partial charge in [-0.2, -0.15) is 5.10 Å².